The first-order valence-corrected chi connectivity index (χ1v) is 10.5. The Balaban J connectivity index is 1.95. The number of hydrogen-bond acceptors (Lipinski definition) is 4. The van der Waals surface area contributed by atoms with Gasteiger partial charge in [-0.3, -0.25) is 4.18 Å². The van der Waals surface area contributed by atoms with Crippen LogP contribution in [0.25, 0.3) is 0 Å². The molecule has 0 N–H and O–H groups in total. The van der Waals surface area contributed by atoms with E-state index in [0.29, 0.717) is 0 Å². The zero-order valence-electron chi connectivity index (χ0n) is 15.7. The predicted molar refractivity (Wildman–Crippen MR) is 110 cm³/mol. The number of anilines is 3. The molecule has 0 aliphatic heterocycles. The predicted octanol–water partition coefficient (Wildman–Crippen LogP) is 5.25. The standard InChI is InChI=1S/C22H23NO3S/c1-17-4-10-20(11-5-17)23(21-12-6-18(2)7-13-21)22-14-8-19(9-15-22)16-26-27(3,24)25/h4-15H,16H2,1-3H3. The van der Waals surface area contributed by atoms with Gasteiger partial charge in [0.15, 0.2) is 0 Å². The molecule has 0 atom stereocenters. The number of nitrogens with zero attached hydrogens (tertiary/aromatic N) is 1. The lowest BCUT2D eigenvalue weighted by molar-refractivity contribution is 0.312. The maximum absolute atomic E-state index is 11.2. The maximum atomic E-state index is 11.2. The van der Waals surface area contributed by atoms with Gasteiger partial charge in [-0.2, -0.15) is 8.42 Å². The molecule has 140 valence electrons. The summed E-state index contributed by atoms with van der Waals surface area (Å²) >= 11 is 0. The van der Waals surface area contributed by atoms with E-state index in [1.165, 1.54) is 11.1 Å². The van der Waals surface area contributed by atoms with Crippen LogP contribution in [0.4, 0.5) is 17.1 Å². The van der Waals surface area contributed by atoms with E-state index in [2.05, 4.69) is 67.3 Å². The van der Waals surface area contributed by atoms with E-state index in [1.54, 1.807) is 0 Å². The molecule has 3 aromatic carbocycles. The number of aryl methyl sites for hydroxylation is 2. The second-order valence-corrected chi connectivity index (χ2v) is 8.28. The molecule has 0 aliphatic carbocycles. The van der Waals surface area contributed by atoms with Gasteiger partial charge in [0.1, 0.15) is 0 Å². The summed E-state index contributed by atoms with van der Waals surface area (Å²) in [5.74, 6) is 0. The smallest absolute Gasteiger partial charge is 0.264 e. The second-order valence-electron chi connectivity index (χ2n) is 6.64. The van der Waals surface area contributed by atoms with Crippen molar-refractivity contribution < 1.29 is 12.6 Å². The molecule has 0 aromatic heterocycles. The number of hydrogen-bond donors (Lipinski definition) is 0. The van der Waals surface area contributed by atoms with Crippen LogP contribution < -0.4 is 4.90 Å². The molecule has 0 fully saturated rings. The monoisotopic (exact) mass is 381 g/mol. The molecule has 0 spiro atoms. The first-order valence-electron chi connectivity index (χ1n) is 8.69. The summed E-state index contributed by atoms with van der Waals surface area (Å²) in [6.07, 6.45) is 1.05. The Bertz CT molecular complexity index is 947. The van der Waals surface area contributed by atoms with Crippen LogP contribution in [0.1, 0.15) is 16.7 Å². The van der Waals surface area contributed by atoms with Gasteiger partial charge in [0.2, 0.25) is 0 Å². The molecule has 0 amide bonds. The van der Waals surface area contributed by atoms with Crippen molar-refractivity contribution in [2.75, 3.05) is 11.2 Å². The Kier molecular flexibility index (Phi) is 5.63. The third-order valence-electron chi connectivity index (χ3n) is 4.22. The Labute approximate surface area is 161 Å². The Hall–Kier alpha value is -2.63. The topological polar surface area (TPSA) is 46.6 Å². The van der Waals surface area contributed by atoms with Crippen molar-refractivity contribution in [1.82, 2.24) is 0 Å². The zero-order chi connectivity index (χ0) is 19.4. The molecule has 0 radical (unpaired) electrons. The zero-order valence-corrected chi connectivity index (χ0v) is 16.5. The lowest BCUT2D eigenvalue weighted by atomic mass is 10.1. The van der Waals surface area contributed by atoms with E-state index >= 15 is 0 Å². The van der Waals surface area contributed by atoms with Gasteiger partial charge in [0.05, 0.1) is 12.9 Å². The van der Waals surface area contributed by atoms with Crippen molar-refractivity contribution in [3.05, 3.63) is 89.5 Å². The van der Waals surface area contributed by atoms with Crippen LogP contribution in [-0.4, -0.2) is 14.7 Å². The van der Waals surface area contributed by atoms with Crippen molar-refractivity contribution >= 4 is 27.2 Å². The highest BCUT2D eigenvalue weighted by Gasteiger charge is 2.12. The molecule has 27 heavy (non-hydrogen) atoms. The average Bonchev–Trinajstić information content (AvgIpc) is 2.64. The average molecular weight is 381 g/mol. The van der Waals surface area contributed by atoms with Crippen LogP contribution in [0, 0.1) is 13.8 Å². The van der Waals surface area contributed by atoms with E-state index in [4.69, 9.17) is 4.18 Å². The van der Waals surface area contributed by atoms with Crippen LogP contribution in [0.5, 0.6) is 0 Å². The summed E-state index contributed by atoms with van der Waals surface area (Å²) in [7, 11) is -3.45. The van der Waals surface area contributed by atoms with E-state index in [9.17, 15) is 8.42 Å². The lowest BCUT2D eigenvalue weighted by Crippen LogP contribution is -2.10. The summed E-state index contributed by atoms with van der Waals surface area (Å²) in [5.41, 5.74) is 6.32. The SMILES string of the molecule is Cc1ccc(N(c2ccc(C)cc2)c2ccc(COS(C)(=O)=O)cc2)cc1. The van der Waals surface area contributed by atoms with Crippen molar-refractivity contribution in [2.24, 2.45) is 0 Å². The molecule has 0 unspecified atom stereocenters. The van der Waals surface area contributed by atoms with Gasteiger partial charge in [-0.15, -0.1) is 0 Å². The molecule has 3 aromatic rings. The third kappa shape index (κ3) is 5.18. The molecule has 3 rings (SSSR count). The van der Waals surface area contributed by atoms with Gasteiger partial charge in [0, 0.05) is 17.1 Å². The van der Waals surface area contributed by atoms with Crippen LogP contribution >= 0.6 is 0 Å². The Morgan fingerprint density at radius 3 is 1.44 bits per heavy atom. The quantitative estimate of drug-likeness (QED) is 0.547. The first-order chi connectivity index (χ1) is 12.8. The van der Waals surface area contributed by atoms with Crippen molar-refractivity contribution in [1.29, 1.82) is 0 Å². The van der Waals surface area contributed by atoms with Gasteiger partial charge in [-0.1, -0.05) is 47.5 Å². The normalized spacial score (nSPS) is 11.4. The molecular weight excluding hydrogens is 358 g/mol. The van der Waals surface area contributed by atoms with Gasteiger partial charge < -0.3 is 4.90 Å². The molecule has 0 bridgehead atoms. The molecule has 0 saturated carbocycles. The van der Waals surface area contributed by atoms with Gasteiger partial charge >= 0.3 is 0 Å². The van der Waals surface area contributed by atoms with Gasteiger partial charge in [0.25, 0.3) is 10.1 Å². The summed E-state index contributed by atoms with van der Waals surface area (Å²) in [6.45, 7) is 4.17. The van der Waals surface area contributed by atoms with E-state index < -0.39 is 10.1 Å². The van der Waals surface area contributed by atoms with Crippen molar-refractivity contribution in [3.8, 4) is 0 Å². The van der Waals surface area contributed by atoms with Crippen LogP contribution in [0.15, 0.2) is 72.8 Å². The minimum absolute atomic E-state index is 0.0359. The fourth-order valence-corrected chi connectivity index (χ4v) is 3.10. The molecule has 5 heteroatoms. The van der Waals surface area contributed by atoms with Gasteiger partial charge in [-0.05, 0) is 55.8 Å². The number of benzene rings is 3. The van der Waals surface area contributed by atoms with E-state index in [0.717, 1.165) is 28.9 Å². The fourth-order valence-electron chi connectivity index (χ4n) is 2.75. The minimum atomic E-state index is -3.45. The second kappa shape index (κ2) is 7.94. The molecule has 4 nitrogen and oxygen atoms in total. The summed E-state index contributed by atoms with van der Waals surface area (Å²) in [6, 6.07) is 24.4. The molecule has 0 heterocycles. The fraction of sp³-hybridized carbons (Fsp3) is 0.182. The van der Waals surface area contributed by atoms with E-state index in [-0.39, 0.29) is 6.61 Å². The summed E-state index contributed by atoms with van der Waals surface area (Å²) in [5, 5.41) is 0. The highest BCUT2D eigenvalue weighted by molar-refractivity contribution is 7.85. The van der Waals surface area contributed by atoms with Crippen molar-refractivity contribution in [3.63, 3.8) is 0 Å². The molecule has 0 saturated heterocycles. The first kappa shape index (κ1) is 19.1. The highest BCUT2D eigenvalue weighted by atomic mass is 32.2. The minimum Gasteiger partial charge on any atom is -0.311 e. The highest BCUT2D eigenvalue weighted by Crippen LogP contribution is 2.34. The molecule has 0 aliphatic rings. The van der Waals surface area contributed by atoms with E-state index in [1.807, 2.05) is 24.3 Å². The maximum Gasteiger partial charge on any atom is 0.264 e. The third-order valence-corrected chi connectivity index (χ3v) is 4.76. The molecular formula is C22H23NO3S. The number of rotatable bonds is 6. The lowest BCUT2D eigenvalue weighted by Gasteiger charge is -2.26. The Morgan fingerprint density at radius 1 is 0.704 bits per heavy atom. The van der Waals surface area contributed by atoms with Crippen LogP contribution in [0.3, 0.4) is 0 Å². The summed E-state index contributed by atoms with van der Waals surface area (Å²) < 4.78 is 27.2. The Morgan fingerprint density at radius 2 is 1.07 bits per heavy atom. The van der Waals surface area contributed by atoms with Gasteiger partial charge in [-0.25, -0.2) is 0 Å². The summed E-state index contributed by atoms with van der Waals surface area (Å²) in [4.78, 5) is 2.17. The van der Waals surface area contributed by atoms with Crippen molar-refractivity contribution in [2.45, 2.75) is 20.5 Å². The van der Waals surface area contributed by atoms with Crippen LogP contribution in [0.2, 0.25) is 0 Å². The van der Waals surface area contributed by atoms with Crippen LogP contribution in [-0.2, 0) is 20.9 Å². The largest absolute Gasteiger partial charge is 0.311 e.